The van der Waals surface area contributed by atoms with Gasteiger partial charge in [-0.1, -0.05) is 280 Å². The zero-order valence-electron chi connectivity index (χ0n) is 65.3. The molecule has 0 aliphatic rings. The fourth-order valence-electron chi connectivity index (χ4n) is 9.65. The third kappa shape index (κ3) is 76.1. The molecule has 0 fully saturated rings. The van der Waals surface area contributed by atoms with Gasteiger partial charge in [-0.3, -0.25) is 37.3 Å². The number of esters is 4. The number of phosphoric ester groups is 2. The minimum Gasteiger partial charge on any atom is -0.462 e. The van der Waals surface area contributed by atoms with Gasteiger partial charge in [0.25, 0.3) is 0 Å². The van der Waals surface area contributed by atoms with Gasteiger partial charge in [-0.15, -0.1) is 0 Å². The standard InChI is InChI=1S/C87H138O17P2/c1-5-9-13-17-21-25-29-33-37-39-40-42-46-48-52-56-60-64-68-72-85(90)98-78-83(104-87(92)74-70-66-62-58-54-50-44-36-32-28-24-20-16-12-8-4)80-102-106(95,96)100-76-81(88)75-99-105(93,94)101-79-82(103-86(91)73-69-65-61-57-53-49-43-35-31-27-23-19-15-11-7-3)77-97-84(89)71-67-63-59-55-51-47-45-41-38-34-30-26-22-18-14-10-6-2/h9-10,12-14,16,21-22,24-26,28,33-38,40,42-45,47-48,52,54-55,58-59,66,70,81-83,88H,5-8,11,15,17-20,23,27,29-32,39,41,46,49-51,53,56-57,60-65,67-69,71-80H2,1-4H3,(H,93,94)(H,95,96)/b13-9-,14-10-,16-12-,25-21-,26-22-,28-24-,37-33-,38-34-,42-40-,43-35-,44-36-,47-45-,52-48-,58-54-,59-55-,70-66-. The van der Waals surface area contributed by atoms with Crippen molar-refractivity contribution in [2.45, 2.75) is 290 Å². The van der Waals surface area contributed by atoms with Crippen molar-refractivity contribution in [2.24, 2.45) is 0 Å². The molecule has 5 atom stereocenters. The third-order valence-electron chi connectivity index (χ3n) is 15.6. The van der Waals surface area contributed by atoms with Crippen LogP contribution in [0.25, 0.3) is 0 Å². The van der Waals surface area contributed by atoms with Crippen LogP contribution in [0.5, 0.6) is 0 Å². The molecule has 0 aliphatic heterocycles. The molecule has 0 aromatic rings. The number of aliphatic hydroxyl groups is 1. The Hall–Kier alpha value is -6.10. The average Bonchev–Trinajstić information content (AvgIpc) is 0.909. The van der Waals surface area contributed by atoms with Crippen molar-refractivity contribution in [1.29, 1.82) is 0 Å². The maximum Gasteiger partial charge on any atom is 0.472 e. The molecule has 0 aliphatic carbocycles. The molecule has 0 bridgehead atoms. The molecule has 0 aromatic carbocycles. The number of allylic oxidation sites excluding steroid dienone is 31. The number of carbonyl (C=O) groups excluding carboxylic acids is 4. The minimum atomic E-state index is -5.02. The summed E-state index contributed by atoms with van der Waals surface area (Å²) in [5.74, 6) is -2.46. The first kappa shape index (κ1) is 99.9. The van der Waals surface area contributed by atoms with Crippen LogP contribution in [-0.2, 0) is 65.4 Å². The first-order valence-corrected chi connectivity index (χ1v) is 42.7. The molecule has 0 saturated carbocycles. The van der Waals surface area contributed by atoms with Crippen LogP contribution in [-0.4, -0.2) is 96.7 Å². The molecule has 0 spiro atoms. The van der Waals surface area contributed by atoms with Gasteiger partial charge < -0.3 is 33.8 Å². The third-order valence-corrected chi connectivity index (χ3v) is 17.5. The molecule has 598 valence electrons. The smallest absolute Gasteiger partial charge is 0.462 e. The van der Waals surface area contributed by atoms with Crippen LogP contribution in [0.1, 0.15) is 272 Å². The highest BCUT2D eigenvalue weighted by molar-refractivity contribution is 7.47. The summed E-state index contributed by atoms with van der Waals surface area (Å²) < 4.78 is 68.4. The summed E-state index contributed by atoms with van der Waals surface area (Å²) in [4.78, 5) is 72.9. The second-order valence-corrected chi connectivity index (χ2v) is 28.4. The average molecular weight is 1520 g/mol. The van der Waals surface area contributed by atoms with E-state index in [1.54, 1.807) is 12.2 Å². The Morgan fingerprint density at radius 3 is 0.896 bits per heavy atom. The van der Waals surface area contributed by atoms with Gasteiger partial charge in [0.05, 0.1) is 32.8 Å². The molecule has 0 rings (SSSR count). The van der Waals surface area contributed by atoms with Gasteiger partial charge in [0.2, 0.25) is 0 Å². The van der Waals surface area contributed by atoms with Crippen LogP contribution < -0.4 is 0 Å². The van der Waals surface area contributed by atoms with Crippen LogP contribution >= 0.6 is 15.6 Å². The molecule has 0 aromatic heterocycles. The van der Waals surface area contributed by atoms with E-state index in [1.165, 1.54) is 38.5 Å². The summed E-state index contributed by atoms with van der Waals surface area (Å²) in [6, 6.07) is 0. The van der Waals surface area contributed by atoms with Crippen molar-refractivity contribution in [3.05, 3.63) is 194 Å². The van der Waals surface area contributed by atoms with Crippen LogP contribution in [0.4, 0.5) is 0 Å². The molecule has 0 radical (unpaired) electrons. The first-order valence-electron chi connectivity index (χ1n) is 39.7. The Morgan fingerprint density at radius 1 is 0.283 bits per heavy atom. The number of carbonyl (C=O) groups is 4. The first-order chi connectivity index (χ1) is 51.7. The fraction of sp³-hybridized carbons (Fsp3) is 0.586. The summed E-state index contributed by atoms with van der Waals surface area (Å²) >= 11 is 0. The van der Waals surface area contributed by atoms with Gasteiger partial charge in [0, 0.05) is 19.3 Å². The summed E-state index contributed by atoms with van der Waals surface area (Å²) in [5.41, 5.74) is 0. The van der Waals surface area contributed by atoms with E-state index in [4.69, 9.17) is 37.0 Å². The SMILES string of the molecule is CC/C=C\C/C=C\C/C=C\C/C=C\C/C=C\CCCCCC(=O)OCC(COP(=O)(O)OCC(O)COP(=O)(O)OCC(COC(=O)CCC/C=C\C/C=C\C/C=C\C/C=C\C/C=C\CC)OC(=O)CCCCCCC/C=C\CCCCCCCC)OC(=O)C/C=C\C/C=C\C/C=C\C/C=C\C/C=C\CC. The Labute approximate surface area is 640 Å². The Balaban J connectivity index is 5.53. The zero-order chi connectivity index (χ0) is 77.4. The maximum absolute atomic E-state index is 13.1. The normalized spacial score (nSPS) is 14.9. The van der Waals surface area contributed by atoms with Gasteiger partial charge in [0.15, 0.2) is 12.2 Å². The Bertz CT molecular complexity index is 2780. The molecular weight excluding hydrogens is 1380 g/mol. The Kier molecular flexibility index (Phi) is 72.6. The molecule has 17 nitrogen and oxygen atoms in total. The van der Waals surface area contributed by atoms with E-state index in [1.807, 2.05) is 24.3 Å². The zero-order valence-corrected chi connectivity index (χ0v) is 67.1. The van der Waals surface area contributed by atoms with E-state index in [-0.39, 0.29) is 25.7 Å². The van der Waals surface area contributed by atoms with E-state index >= 15 is 0 Å². The molecule has 3 N–H and O–H groups in total. The number of phosphoric acid groups is 2. The lowest BCUT2D eigenvalue weighted by molar-refractivity contribution is -0.161. The molecule has 19 heteroatoms. The summed E-state index contributed by atoms with van der Waals surface area (Å²) in [6.07, 6.45) is 94.6. The Morgan fingerprint density at radius 2 is 0.538 bits per heavy atom. The van der Waals surface area contributed by atoms with Crippen LogP contribution in [0.15, 0.2) is 194 Å². The summed E-state index contributed by atoms with van der Waals surface area (Å²) in [6.45, 7) is 4.27. The number of unbranched alkanes of at least 4 members (excludes halogenated alkanes) is 15. The summed E-state index contributed by atoms with van der Waals surface area (Å²) in [5, 5.41) is 10.6. The summed E-state index contributed by atoms with van der Waals surface area (Å²) in [7, 11) is -10.0. The van der Waals surface area contributed by atoms with Gasteiger partial charge in [-0.05, 0) is 161 Å². The maximum atomic E-state index is 13.1. The highest BCUT2D eigenvalue weighted by atomic mass is 31.2. The van der Waals surface area contributed by atoms with Gasteiger partial charge in [-0.25, -0.2) is 9.13 Å². The van der Waals surface area contributed by atoms with Gasteiger partial charge in [-0.2, -0.15) is 0 Å². The lowest BCUT2D eigenvalue weighted by Crippen LogP contribution is -2.30. The van der Waals surface area contributed by atoms with E-state index < -0.39 is 97.5 Å². The van der Waals surface area contributed by atoms with E-state index in [0.29, 0.717) is 32.1 Å². The van der Waals surface area contributed by atoms with Crippen molar-refractivity contribution in [3.63, 3.8) is 0 Å². The van der Waals surface area contributed by atoms with Crippen molar-refractivity contribution < 1.29 is 80.2 Å². The van der Waals surface area contributed by atoms with Crippen LogP contribution in [0.3, 0.4) is 0 Å². The topological polar surface area (TPSA) is 237 Å². The van der Waals surface area contributed by atoms with Crippen LogP contribution in [0, 0.1) is 0 Å². The molecule has 0 saturated heterocycles. The van der Waals surface area contributed by atoms with Crippen LogP contribution in [0.2, 0.25) is 0 Å². The molecular formula is C87H138O17P2. The highest BCUT2D eigenvalue weighted by Gasteiger charge is 2.30. The van der Waals surface area contributed by atoms with E-state index in [2.05, 4.69) is 186 Å². The number of ether oxygens (including phenoxy) is 4. The second-order valence-electron chi connectivity index (χ2n) is 25.5. The minimum absolute atomic E-state index is 0.0626. The van der Waals surface area contributed by atoms with E-state index in [9.17, 15) is 43.2 Å². The van der Waals surface area contributed by atoms with Crippen molar-refractivity contribution >= 4 is 39.5 Å². The quantitative estimate of drug-likeness (QED) is 0.0169. The van der Waals surface area contributed by atoms with Crippen molar-refractivity contribution in [3.8, 4) is 0 Å². The lowest BCUT2D eigenvalue weighted by Gasteiger charge is -2.21. The number of rotatable bonds is 72. The fourth-order valence-corrected chi connectivity index (χ4v) is 11.2. The molecule has 106 heavy (non-hydrogen) atoms. The predicted octanol–water partition coefficient (Wildman–Crippen LogP) is 23.3. The molecule has 0 amide bonds. The second kappa shape index (κ2) is 77.1. The van der Waals surface area contributed by atoms with Gasteiger partial charge in [0.1, 0.15) is 19.3 Å². The lowest BCUT2D eigenvalue weighted by atomic mass is 10.1. The largest absolute Gasteiger partial charge is 0.472 e. The van der Waals surface area contributed by atoms with Gasteiger partial charge >= 0.3 is 39.5 Å². The number of aliphatic hydroxyl groups excluding tert-OH is 1. The van der Waals surface area contributed by atoms with E-state index in [0.717, 1.165) is 148 Å². The number of hydrogen-bond donors (Lipinski definition) is 3. The molecule has 5 unspecified atom stereocenters. The predicted molar refractivity (Wildman–Crippen MR) is 436 cm³/mol. The highest BCUT2D eigenvalue weighted by Crippen LogP contribution is 2.45. The van der Waals surface area contributed by atoms with Crippen molar-refractivity contribution in [2.75, 3.05) is 39.6 Å². The number of hydrogen-bond acceptors (Lipinski definition) is 15. The monoisotopic (exact) mass is 1520 g/mol. The van der Waals surface area contributed by atoms with Crippen molar-refractivity contribution in [1.82, 2.24) is 0 Å². The molecule has 0 heterocycles.